The van der Waals surface area contributed by atoms with Crippen LogP contribution in [0.25, 0.3) is 0 Å². The minimum atomic E-state index is -0.369. The zero-order valence-corrected chi connectivity index (χ0v) is 15.4. The summed E-state index contributed by atoms with van der Waals surface area (Å²) in [5.74, 6) is 0.382. The maximum atomic E-state index is 13.7. The van der Waals surface area contributed by atoms with E-state index >= 15 is 0 Å². The number of amides is 1. The first-order valence-corrected chi connectivity index (χ1v) is 9.26. The number of furan rings is 1. The highest BCUT2D eigenvalue weighted by Gasteiger charge is 2.13. The van der Waals surface area contributed by atoms with Crippen LogP contribution in [0.1, 0.15) is 22.6 Å². The Morgan fingerprint density at radius 2 is 2.11 bits per heavy atom. The molecule has 140 valence electrons. The van der Waals surface area contributed by atoms with Crippen molar-refractivity contribution in [2.75, 3.05) is 0 Å². The topological polar surface area (TPSA) is 88.0 Å². The Bertz CT molecular complexity index is 986. The van der Waals surface area contributed by atoms with Gasteiger partial charge in [-0.1, -0.05) is 30.0 Å². The van der Waals surface area contributed by atoms with Gasteiger partial charge in [-0.2, -0.15) is 0 Å². The lowest BCUT2D eigenvalue weighted by Crippen LogP contribution is -2.28. The lowest BCUT2D eigenvalue weighted by atomic mass is 10.1. The van der Waals surface area contributed by atoms with Gasteiger partial charge in [-0.25, -0.2) is 9.37 Å². The van der Waals surface area contributed by atoms with Crippen LogP contribution in [0, 0.1) is 12.7 Å². The van der Waals surface area contributed by atoms with Crippen molar-refractivity contribution in [1.82, 2.24) is 15.3 Å². The molecule has 2 aromatic heterocycles. The number of hydrogen-bond acceptors (Lipinski definition) is 5. The van der Waals surface area contributed by atoms with E-state index in [1.165, 1.54) is 24.1 Å². The van der Waals surface area contributed by atoms with Crippen molar-refractivity contribution in [3.8, 4) is 0 Å². The minimum absolute atomic E-state index is 0.0763. The Balaban J connectivity index is 1.63. The van der Waals surface area contributed by atoms with Crippen molar-refractivity contribution in [3.05, 3.63) is 81.4 Å². The number of halogens is 1. The maximum Gasteiger partial charge on any atom is 0.255 e. The molecule has 0 saturated carbocycles. The molecule has 27 heavy (non-hydrogen) atoms. The van der Waals surface area contributed by atoms with Crippen molar-refractivity contribution in [1.29, 1.82) is 0 Å². The van der Waals surface area contributed by atoms with E-state index in [9.17, 15) is 14.0 Å². The number of aromatic amines is 1. The number of benzene rings is 1. The van der Waals surface area contributed by atoms with Crippen LogP contribution in [0.15, 0.2) is 57.0 Å². The van der Waals surface area contributed by atoms with E-state index in [0.717, 1.165) is 0 Å². The lowest BCUT2D eigenvalue weighted by molar-refractivity contribution is -0.120. The third-order valence-corrected chi connectivity index (χ3v) is 4.82. The second kappa shape index (κ2) is 8.68. The summed E-state index contributed by atoms with van der Waals surface area (Å²) in [7, 11) is 0. The fourth-order valence-corrected chi connectivity index (χ4v) is 3.34. The SMILES string of the molecule is Cc1nc(SCc2ccccc2F)[nH]c(=O)c1CC(=O)NCc1ccco1. The molecular formula is C19H18FN3O3S. The largest absolute Gasteiger partial charge is 0.467 e. The van der Waals surface area contributed by atoms with Crippen molar-refractivity contribution in [2.24, 2.45) is 0 Å². The second-order valence-corrected chi connectivity index (χ2v) is 6.81. The van der Waals surface area contributed by atoms with Gasteiger partial charge in [-0.15, -0.1) is 0 Å². The van der Waals surface area contributed by atoms with E-state index in [1.807, 2.05) is 0 Å². The van der Waals surface area contributed by atoms with Crippen LogP contribution in [0.5, 0.6) is 0 Å². The molecule has 3 aromatic rings. The summed E-state index contributed by atoms with van der Waals surface area (Å²) in [6.07, 6.45) is 1.45. The molecule has 2 heterocycles. The summed E-state index contributed by atoms with van der Waals surface area (Å²) in [6.45, 7) is 1.93. The summed E-state index contributed by atoms with van der Waals surface area (Å²) in [5, 5.41) is 3.08. The smallest absolute Gasteiger partial charge is 0.255 e. The minimum Gasteiger partial charge on any atom is -0.467 e. The Labute approximate surface area is 159 Å². The fourth-order valence-electron chi connectivity index (χ4n) is 2.44. The molecule has 0 fully saturated rings. The van der Waals surface area contributed by atoms with Gasteiger partial charge in [-0.3, -0.25) is 9.59 Å². The molecule has 0 radical (unpaired) electrons. The molecule has 2 N–H and O–H groups in total. The van der Waals surface area contributed by atoms with Gasteiger partial charge in [0.1, 0.15) is 11.6 Å². The molecule has 0 spiro atoms. The van der Waals surface area contributed by atoms with Crippen LogP contribution in [0.4, 0.5) is 4.39 Å². The molecule has 3 rings (SSSR count). The summed E-state index contributed by atoms with van der Waals surface area (Å²) < 4.78 is 18.8. The second-order valence-electron chi connectivity index (χ2n) is 5.85. The van der Waals surface area contributed by atoms with Crippen LogP contribution in [0.2, 0.25) is 0 Å². The molecule has 1 amide bonds. The van der Waals surface area contributed by atoms with E-state index in [2.05, 4.69) is 15.3 Å². The summed E-state index contributed by atoms with van der Waals surface area (Å²) in [5.41, 5.74) is 0.945. The van der Waals surface area contributed by atoms with Crippen LogP contribution in [0.3, 0.4) is 0 Å². The highest BCUT2D eigenvalue weighted by Crippen LogP contribution is 2.20. The molecule has 0 aliphatic heterocycles. The number of aryl methyl sites for hydroxylation is 1. The Morgan fingerprint density at radius 1 is 1.30 bits per heavy atom. The van der Waals surface area contributed by atoms with Crippen molar-refractivity contribution < 1.29 is 13.6 Å². The van der Waals surface area contributed by atoms with Gasteiger partial charge in [0.15, 0.2) is 5.16 Å². The zero-order valence-electron chi connectivity index (χ0n) is 14.6. The molecular weight excluding hydrogens is 369 g/mol. The van der Waals surface area contributed by atoms with Gasteiger partial charge in [0.05, 0.1) is 19.2 Å². The first-order valence-electron chi connectivity index (χ1n) is 8.28. The van der Waals surface area contributed by atoms with E-state index in [0.29, 0.717) is 33.5 Å². The third kappa shape index (κ3) is 5.07. The Kier molecular flexibility index (Phi) is 6.08. The van der Waals surface area contributed by atoms with Gasteiger partial charge in [0.2, 0.25) is 5.91 Å². The highest BCUT2D eigenvalue weighted by molar-refractivity contribution is 7.98. The van der Waals surface area contributed by atoms with E-state index in [4.69, 9.17) is 4.42 Å². The molecule has 0 aliphatic carbocycles. The average Bonchev–Trinajstić information content (AvgIpc) is 3.16. The summed E-state index contributed by atoms with van der Waals surface area (Å²) in [4.78, 5) is 31.4. The number of nitrogens with zero attached hydrogens (tertiary/aromatic N) is 1. The van der Waals surface area contributed by atoms with Gasteiger partial charge in [-0.05, 0) is 30.7 Å². The molecule has 0 aliphatic rings. The van der Waals surface area contributed by atoms with E-state index < -0.39 is 0 Å². The fraction of sp³-hybridized carbons (Fsp3) is 0.211. The highest BCUT2D eigenvalue weighted by atomic mass is 32.2. The number of nitrogens with one attached hydrogen (secondary N) is 2. The first-order chi connectivity index (χ1) is 13.0. The Morgan fingerprint density at radius 3 is 2.81 bits per heavy atom. The molecule has 0 unspecified atom stereocenters. The zero-order chi connectivity index (χ0) is 19.2. The average molecular weight is 387 g/mol. The number of carbonyl (C=O) groups excluding carboxylic acids is 1. The summed E-state index contributed by atoms with van der Waals surface area (Å²) >= 11 is 1.23. The monoisotopic (exact) mass is 387 g/mol. The number of thioether (sulfide) groups is 1. The molecule has 0 saturated heterocycles. The van der Waals surface area contributed by atoms with Crippen LogP contribution < -0.4 is 10.9 Å². The summed E-state index contributed by atoms with van der Waals surface area (Å²) in [6, 6.07) is 9.94. The predicted molar refractivity (Wildman–Crippen MR) is 99.8 cm³/mol. The molecule has 0 bridgehead atoms. The quantitative estimate of drug-likeness (QED) is 0.481. The first kappa shape index (κ1) is 18.9. The maximum absolute atomic E-state index is 13.7. The Hall–Kier alpha value is -2.87. The van der Waals surface area contributed by atoms with Crippen molar-refractivity contribution in [3.63, 3.8) is 0 Å². The van der Waals surface area contributed by atoms with Crippen molar-refractivity contribution in [2.45, 2.75) is 30.8 Å². The van der Waals surface area contributed by atoms with Gasteiger partial charge >= 0.3 is 0 Å². The normalized spacial score (nSPS) is 10.7. The van der Waals surface area contributed by atoms with Gasteiger partial charge in [0.25, 0.3) is 5.56 Å². The van der Waals surface area contributed by atoms with Crippen LogP contribution in [-0.4, -0.2) is 15.9 Å². The predicted octanol–water partition coefficient (Wildman–Crippen LogP) is 2.96. The van der Waals surface area contributed by atoms with E-state index in [1.54, 1.807) is 37.3 Å². The van der Waals surface area contributed by atoms with E-state index in [-0.39, 0.29) is 30.2 Å². The number of hydrogen-bond donors (Lipinski definition) is 2. The molecule has 8 heteroatoms. The third-order valence-electron chi connectivity index (χ3n) is 3.90. The lowest BCUT2D eigenvalue weighted by Gasteiger charge is -2.08. The van der Waals surface area contributed by atoms with Gasteiger partial charge < -0.3 is 14.7 Å². The van der Waals surface area contributed by atoms with Crippen molar-refractivity contribution >= 4 is 17.7 Å². The molecule has 6 nitrogen and oxygen atoms in total. The number of rotatable bonds is 7. The molecule has 0 atom stereocenters. The van der Waals surface area contributed by atoms with Gasteiger partial charge in [0, 0.05) is 17.0 Å². The number of aromatic nitrogens is 2. The van der Waals surface area contributed by atoms with Crippen LogP contribution in [-0.2, 0) is 23.5 Å². The number of carbonyl (C=O) groups is 1. The van der Waals surface area contributed by atoms with Crippen LogP contribution >= 0.6 is 11.8 Å². The number of H-pyrrole nitrogens is 1. The molecule has 1 aromatic carbocycles. The standard InChI is InChI=1S/C19H18FN3O3S/c1-12-15(9-17(24)21-10-14-6-4-8-26-14)18(25)23-19(22-12)27-11-13-5-2-3-7-16(13)20/h2-8H,9-11H2,1H3,(H,21,24)(H,22,23,25).